The molecule has 27 heavy (non-hydrogen) atoms. The number of carbonyl (C=O) groups is 1. The van der Waals surface area contributed by atoms with Gasteiger partial charge in [0.15, 0.2) is 6.79 Å². The van der Waals surface area contributed by atoms with Crippen LogP contribution < -0.4 is 10.1 Å². The van der Waals surface area contributed by atoms with Crippen LogP contribution in [0.3, 0.4) is 0 Å². The normalized spacial score (nSPS) is 13.6. The molecule has 6 heteroatoms. The van der Waals surface area contributed by atoms with E-state index in [1.807, 2.05) is 36.4 Å². The zero-order valence-electron chi connectivity index (χ0n) is 15.8. The van der Waals surface area contributed by atoms with Crippen molar-refractivity contribution in [2.45, 2.75) is 44.4 Å². The molecular formula is C21H24ClNO3S. The van der Waals surface area contributed by atoms with E-state index in [-0.39, 0.29) is 18.1 Å². The number of halogens is 1. The van der Waals surface area contributed by atoms with E-state index < -0.39 is 0 Å². The first-order valence-corrected chi connectivity index (χ1v) is 10.2. The molecule has 1 N–H and O–H groups in total. The highest BCUT2D eigenvalue weighted by molar-refractivity contribution is 7.98. The SMILES string of the molecule is CC(C)(C)CC(=O)Nc1ccccc1SCc1cc(Cl)cc2c1OCOC2. The molecule has 0 saturated carbocycles. The van der Waals surface area contributed by atoms with Gasteiger partial charge >= 0.3 is 0 Å². The first-order valence-electron chi connectivity index (χ1n) is 8.85. The smallest absolute Gasteiger partial charge is 0.224 e. The summed E-state index contributed by atoms with van der Waals surface area (Å²) in [4.78, 5) is 13.3. The number of fused-ring (bicyclic) bond motifs is 1. The molecule has 1 heterocycles. The Morgan fingerprint density at radius 1 is 1.26 bits per heavy atom. The minimum atomic E-state index is -0.0502. The Hall–Kier alpha value is -1.69. The van der Waals surface area contributed by atoms with Crippen LogP contribution in [0.25, 0.3) is 0 Å². The number of ether oxygens (including phenoxy) is 2. The highest BCUT2D eigenvalue weighted by Crippen LogP contribution is 2.37. The number of para-hydroxylation sites is 1. The number of benzene rings is 2. The summed E-state index contributed by atoms with van der Waals surface area (Å²) in [5.74, 6) is 1.57. The molecule has 0 fully saturated rings. The van der Waals surface area contributed by atoms with E-state index in [9.17, 15) is 4.79 Å². The summed E-state index contributed by atoms with van der Waals surface area (Å²) in [7, 11) is 0. The van der Waals surface area contributed by atoms with Crippen molar-refractivity contribution < 1.29 is 14.3 Å². The van der Waals surface area contributed by atoms with Gasteiger partial charge in [0, 0.05) is 33.2 Å². The maximum Gasteiger partial charge on any atom is 0.224 e. The molecule has 0 bridgehead atoms. The van der Waals surface area contributed by atoms with Crippen LogP contribution in [-0.2, 0) is 21.9 Å². The largest absolute Gasteiger partial charge is 0.467 e. The molecular weight excluding hydrogens is 382 g/mol. The van der Waals surface area contributed by atoms with E-state index >= 15 is 0 Å². The molecule has 1 aliphatic heterocycles. The first-order chi connectivity index (χ1) is 12.8. The molecule has 0 unspecified atom stereocenters. The zero-order chi connectivity index (χ0) is 19.4. The van der Waals surface area contributed by atoms with Crippen LogP contribution in [0.2, 0.25) is 5.02 Å². The summed E-state index contributed by atoms with van der Waals surface area (Å²) in [6.45, 7) is 6.93. The van der Waals surface area contributed by atoms with Gasteiger partial charge in [-0.15, -0.1) is 11.8 Å². The van der Waals surface area contributed by atoms with Crippen molar-refractivity contribution >= 4 is 35.0 Å². The summed E-state index contributed by atoms with van der Waals surface area (Å²) in [6, 6.07) is 11.7. The third-order valence-electron chi connectivity index (χ3n) is 3.99. The number of rotatable bonds is 5. The van der Waals surface area contributed by atoms with Gasteiger partial charge in [0.1, 0.15) is 5.75 Å². The summed E-state index contributed by atoms with van der Waals surface area (Å²) in [5, 5.41) is 3.71. The van der Waals surface area contributed by atoms with Gasteiger partial charge in [-0.25, -0.2) is 0 Å². The van der Waals surface area contributed by atoms with Crippen LogP contribution in [-0.4, -0.2) is 12.7 Å². The molecule has 0 aromatic heterocycles. The lowest BCUT2D eigenvalue weighted by molar-refractivity contribution is -0.117. The summed E-state index contributed by atoms with van der Waals surface area (Å²) >= 11 is 7.90. The molecule has 144 valence electrons. The van der Waals surface area contributed by atoms with Gasteiger partial charge in [0.05, 0.1) is 12.3 Å². The fraction of sp³-hybridized carbons (Fsp3) is 0.381. The predicted molar refractivity (Wildman–Crippen MR) is 110 cm³/mol. The molecule has 2 aromatic carbocycles. The van der Waals surface area contributed by atoms with Gasteiger partial charge in [-0.2, -0.15) is 0 Å². The van der Waals surface area contributed by atoms with E-state index in [1.165, 1.54) is 0 Å². The minimum absolute atomic E-state index is 0.0242. The Bertz CT molecular complexity index is 833. The maximum absolute atomic E-state index is 12.3. The highest BCUT2D eigenvalue weighted by Gasteiger charge is 2.19. The average Bonchev–Trinajstić information content (AvgIpc) is 2.59. The van der Waals surface area contributed by atoms with Gasteiger partial charge in [-0.05, 0) is 29.7 Å². The molecule has 0 aliphatic carbocycles. The maximum atomic E-state index is 12.3. The Morgan fingerprint density at radius 2 is 2.04 bits per heavy atom. The zero-order valence-corrected chi connectivity index (χ0v) is 17.4. The summed E-state index contributed by atoms with van der Waals surface area (Å²) < 4.78 is 11.0. The molecule has 0 atom stereocenters. The number of anilines is 1. The Balaban J connectivity index is 1.74. The van der Waals surface area contributed by atoms with Crippen LogP contribution in [0, 0.1) is 5.41 Å². The third kappa shape index (κ3) is 5.64. The van der Waals surface area contributed by atoms with Gasteiger partial charge in [0.25, 0.3) is 0 Å². The van der Waals surface area contributed by atoms with Crippen molar-refractivity contribution in [3.63, 3.8) is 0 Å². The number of thioether (sulfide) groups is 1. The third-order valence-corrected chi connectivity index (χ3v) is 5.33. The number of hydrogen-bond acceptors (Lipinski definition) is 4. The molecule has 2 aromatic rings. The van der Waals surface area contributed by atoms with E-state index in [0.717, 1.165) is 27.5 Å². The van der Waals surface area contributed by atoms with Crippen molar-refractivity contribution in [3.05, 3.63) is 52.5 Å². The average molecular weight is 406 g/mol. The second-order valence-electron chi connectivity index (χ2n) is 7.73. The van der Waals surface area contributed by atoms with E-state index in [0.29, 0.717) is 23.8 Å². The van der Waals surface area contributed by atoms with E-state index in [2.05, 4.69) is 26.1 Å². The molecule has 3 rings (SSSR count). The molecule has 1 aliphatic rings. The second-order valence-corrected chi connectivity index (χ2v) is 9.19. The highest BCUT2D eigenvalue weighted by atomic mass is 35.5. The molecule has 0 spiro atoms. The number of nitrogens with one attached hydrogen (secondary N) is 1. The molecule has 0 saturated heterocycles. The monoisotopic (exact) mass is 405 g/mol. The standard InChI is InChI=1S/C21H24ClNO3S/c1-21(2,3)10-19(24)23-17-6-4-5-7-18(17)27-12-15-9-16(22)8-14-11-25-13-26-20(14)15/h4-9H,10-13H2,1-3H3,(H,23,24). The fourth-order valence-corrected chi connectivity index (χ4v) is 4.13. The van der Waals surface area contributed by atoms with Crippen LogP contribution in [0.4, 0.5) is 5.69 Å². The van der Waals surface area contributed by atoms with Crippen LogP contribution in [0.1, 0.15) is 38.3 Å². The number of amides is 1. The lowest BCUT2D eigenvalue weighted by Gasteiger charge is -2.21. The lowest BCUT2D eigenvalue weighted by Crippen LogP contribution is -2.19. The fourth-order valence-electron chi connectivity index (χ4n) is 2.89. The van der Waals surface area contributed by atoms with Gasteiger partial charge in [-0.1, -0.05) is 44.5 Å². The van der Waals surface area contributed by atoms with Crippen molar-refractivity contribution in [2.75, 3.05) is 12.1 Å². The van der Waals surface area contributed by atoms with Crippen LogP contribution >= 0.6 is 23.4 Å². The van der Waals surface area contributed by atoms with Crippen molar-refractivity contribution in [3.8, 4) is 5.75 Å². The van der Waals surface area contributed by atoms with Gasteiger partial charge < -0.3 is 14.8 Å². The molecule has 0 radical (unpaired) electrons. The van der Waals surface area contributed by atoms with Crippen molar-refractivity contribution in [2.24, 2.45) is 5.41 Å². The summed E-state index contributed by atoms with van der Waals surface area (Å²) in [5.41, 5.74) is 2.78. The molecule has 4 nitrogen and oxygen atoms in total. The summed E-state index contributed by atoms with van der Waals surface area (Å²) in [6.07, 6.45) is 0.474. The Morgan fingerprint density at radius 3 is 2.81 bits per heavy atom. The quantitative estimate of drug-likeness (QED) is 0.631. The van der Waals surface area contributed by atoms with Crippen LogP contribution in [0.15, 0.2) is 41.3 Å². The lowest BCUT2D eigenvalue weighted by atomic mass is 9.92. The van der Waals surface area contributed by atoms with Gasteiger partial charge in [0.2, 0.25) is 5.91 Å². The van der Waals surface area contributed by atoms with Crippen molar-refractivity contribution in [1.29, 1.82) is 0 Å². The first kappa shape index (κ1) is 20.1. The van der Waals surface area contributed by atoms with Crippen molar-refractivity contribution in [1.82, 2.24) is 0 Å². The number of carbonyl (C=O) groups excluding carboxylic acids is 1. The van der Waals surface area contributed by atoms with Gasteiger partial charge in [-0.3, -0.25) is 4.79 Å². The van der Waals surface area contributed by atoms with Crippen LogP contribution in [0.5, 0.6) is 5.75 Å². The predicted octanol–water partition coefficient (Wildman–Crippen LogP) is 5.87. The van der Waals surface area contributed by atoms with E-state index in [1.54, 1.807) is 11.8 Å². The Labute approximate surface area is 169 Å². The number of hydrogen-bond donors (Lipinski definition) is 1. The molecule has 1 amide bonds. The second kappa shape index (κ2) is 8.55. The van der Waals surface area contributed by atoms with E-state index in [4.69, 9.17) is 21.1 Å². The minimum Gasteiger partial charge on any atom is -0.467 e. The Kier molecular flexibility index (Phi) is 6.35. The topological polar surface area (TPSA) is 47.6 Å².